The summed E-state index contributed by atoms with van der Waals surface area (Å²) >= 11 is 0. The Bertz CT molecular complexity index is 1080. The molecule has 0 saturated carbocycles. The third kappa shape index (κ3) is 3.31. The Balaban J connectivity index is 1.72. The number of hydrogen-bond acceptors (Lipinski definition) is 5. The molecular formula is C19H18N4O2S. The van der Waals surface area contributed by atoms with Gasteiger partial charge >= 0.3 is 0 Å². The fourth-order valence-electron chi connectivity index (χ4n) is 3.20. The van der Waals surface area contributed by atoms with E-state index in [1.54, 1.807) is 12.1 Å². The van der Waals surface area contributed by atoms with E-state index in [0.29, 0.717) is 11.6 Å². The van der Waals surface area contributed by atoms with Gasteiger partial charge in [0.05, 0.1) is 10.6 Å². The molecule has 1 aliphatic rings. The molecule has 0 atom stereocenters. The SMILES string of the molecule is NS(=O)(=O)c1cccc(Nc2ncc3c(n2)-c2ccccc2CCC3)c1. The van der Waals surface area contributed by atoms with E-state index in [9.17, 15) is 8.42 Å². The number of aromatic nitrogens is 2. The van der Waals surface area contributed by atoms with Crippen LogP contribution in [0.25, 0.3) is 11.3 Å². The summed E-state index contributed by atoms with van der Waals surface area (Å²) in [5, 5.41) is 8.27. The second-order valence-electron chi connectivity index (χ2n) is 6.28. The topological polar surface area (TPSA) is 98.0 Å². The molecule has 1 aromatic heterocycles. The van der Waals surface area contributed by atoms with E-state index < -0.39 is 10.0 Å². The van der Waals surface area contributed by atoms with Gasteiger partial charge in [-0.2, -0.15) is 0 Å². The van der Waals surface area contributed by atoms with E-state index in [1.807, 2.05) is 18.3 Å². The van der Waals surface area contributed by atoms with E-state index in [1.165, 1.54) is 17.7 Å². The number of hydrogen-bond donors (Lipinski definition) is 2. The fourth-order valence-corrected chi connectivity index (χ4v) is 3.76. The lowest BCUT2D eigenvalue weighted by Crippen LogP contribution is -2.12. The summed E-state index contributed by atoms with van der Waals surface area (Å²) in [6, 6.07) is 14.6. The number of nitrogens with two attached hydrogens (primary N) is 1. The van der Waals surface area contributed by atoms with Gasteiger partial charge in [0.1, 0.15) is 0 Å². The molecule has 0 saturated heterocycles. The molecule has 3 aromatic rings. The third-order valence-corrected chi connectivity index (χ3v) is 5.36. The first-order valence-electron chi connectivity index (χ1n) is 8.35. The normalized spacial score (nSPS) is 13.4. The molecule has 0 aliphatic heterocycles. The maximum Gasteiger partial charge on any atom is 0.238 e. The zero-order valence-corrected chi connectivity index (χ0v) is 14.8. The highest BCUT2D eigenvalue weighted by molar-refractivity contribution is 7.89. The van der Waals surface area contributed by atoms with Gasteiger partial charge < -0.3 is 5.32 Å². The lowest BCUT2D eigenvalue weighted by molar-refractivity contribution is 0.598. The van der Waals surface area contributed by atoms with Crippen molar-refractivity contribution in [3.8, 4) is 11.3 Å². The van der Waals surface area contributed by atoms with Gasteiger partial charge in [0, 0.05) is 17.4 Å². The van der Waals surface area contributed by atoms with Crippen LogP contribution >= 0.6 is 0 Å². The smallest absolute Gasteiger partial charge is 0.238 e. The van der Waals surface area contributed by atoms with E-state index in [4.69, 9.17) is 10.1 Å². The fraction of sp³-hybridized carbons (Fsp3) is 0.158. The molecule has 4 rings (SSSR count). The summed E-state index contributed by atoms with van der Waals surface area (Å²) in [4.78, 5) is 9.13. The number of primary sulfonamides is 1. The third-order valence-electron chi connectivity index (χ3n) is 4.45. The summed E-state index contributed by atoms with van der Waals surface area (Å²) in [5.74, 6) is 0.423. The van der Waals surface area contributed by atoms with Crippen LogP contribution in [0.1, 0.15) is 17.5 Å². The van der Waals surface area contributed by atoms with Gasteiger partial charge in [-0.25, -0.2) is 23.5 Å². The van der Waals surface area contributed by atoms with Crippen LogP contribution in [-0.4, -0.2) is 18.4 Å². The van der Waals surface area contributed by atoms with E-state index >= 15 is 0 Å². The largest absolute Gasteiger partial charge is 0.324 e. The Hall–Kier alpha value is -2.77. The standard InChI is InChI=1S/C19H18N4O2S/c20-26(24,25)16-9-4-8-15(11-16)22-19-21-12-14-7-3-6-13-5-1-2-10-17(13)18(14)23-19/h1-2,4-5,8-12H,3,6-7H2,(H2,20,24,25)(H,21,22,23). The molecule has 0 bridgehead atoms. The molecule has 0 fully saturated rings. The van der Waals surface area contributed by atoms with Crippen LogP contribution < -0.4 is 10.5 Å². The molecule has 3 N–H and O–H groups in total. The number of aryl methyl sites for hydroxylation is 2. The molecule has 1 aliphatic carbocycles. The monoisotopic (exact) mass is 366 g/mol. The van der Waals surface area contributed by atoms with Crippen molar-refractivity contribution in [3.05, 3.63) is 65.9 Å². The number of nitrogens with zero attached hydrogens (tertiary/aromatic N) is 2. The van der Waals surface area contributed by atoms with Crippen molar-refractivity contribution in [3.63, 3.8) is 0 Å². The Morgan fingerprint density at radius 2 is 1.81 bits per heavy atom. The molecule has 26 heavy (non-hydrogen) atoms. The van der Waals surface area contributed by atoms with Crippen molar-refractivity contribution in [1.82, 2.24) is 9.97 Å². The van der Waals surface area contributed by atoms with Crippen LogP contribution in [0.2, 0.25) is 0 Å². The number of anilines is 2. The summed E-state index contributed by atoms with van der Waals surface area (Å²) in [6.45, 7) is 0. The Labute approximate surface area is 152 Å². The van der Waals surface area contributed by atoms with E-state index in [-0.39, 0.29) is 4.90 Å². The Morgan fingerprint density at radius 1 is 1.00 bits per heavy atom. The van der Waals surface area contributed by atoms with Crippen molar-refractivity contribution in [1.29, 1.82) is 0 Å². The minimum atomic E-state index is -3.76. The van der Waals surface area contributed by atoms with Gasteiger partial charge in [0.15, 0.2) is 0 Å². The second kappa shape index (κ2) is 6.51. The van der Waals surface area contributed by atoms with Gasteiger partial charge in [-0.15, -0.1) is 0 Å². The van der Waals surface area contributed by atoms with Gasteiger partial charge in [-0.1, -0.05) is 30.3 Å². The van der Waals surface area contributed by atoms with Crippen LogP contribution in [0.15, 0.2) is 59.6 Å². The molecule has 2 aromatic carbocycles. The molecule has 0 radical (unpaired) electrons. The van der Waals surface area contributed by atoms with E-state index in [0.717, 1.165) is 36.1 Å². The predicted octanol–water partition coefficient (Wildman–Crippen LogP) is 3.02. The maximum atomic E-state index is 11.5. The Kier molecular flexibility index (Phi) is 4.18. The second-order valence-corrected chi connectivity index (χ2v) is 7.84. The number of benzene rings is 2. The molecule has 1 heterocycles. The van der Waals surface area contributed by atoms with Crippen molar-refractivity contribution in [2.45, 2.75) is 24.2 Å². The highest BCUT2D eigenvalue weighted by atomic mass is 32.2. The van der Waals surface area contributed by atoms with Crippen molar-refractivity contribution < 1.29 is 8.42 Å². The zero-order valence-electron chi connectivity index (χ0n) is 14.0. The minimum Gasteiger partial charge on any atom is -0.324 e. The highest BCUT2D eigenvalue weighted by Gasteiger charge is 2.17. The molecule has 0 unspecified atom stereocenters. The van der Waals surface area contributed by atoms with Gasteiger partial charge in [0.2, 0.25) is 16.0 Å². The predicted molar refractivity (Wildman–Crippen MR) is 101 cm³/mol. The van der Waals surface area contributed by atoms with Crippen LogP contribution in [0.4, 0.5) is 11.6 Å². The summed E-state index contributed by atoms with van der Waals surface area (Å²) in [7, 11) is -3.76. The Morgan fingerprint density at radius 3 is 2.65 bits per heavy atom. The van der Waals surface area contributed by atoms with Crippen molar-refractivity contribution in [2.75, 3.05) is 5.32 Å². The lowest BCUT2D eigenvalue weighted by atomic mass is 10.0. The average molecular weight is 366 g/mol. The highest BCUT2D eigenvalue weighted by Crippen LogP contribution is 2.31. The quantitative estimate of drug-likeness (QED) is 0.742. The van der Waals surface area contributed by atoms with Crippen molar-refractivity contribution >= 4 is 21.7 Å². The first kappa shape index (κ1) is 16.7. The molecule has 0 spiro atoms. The zero-order chi connectivity index (χ0) is 18.1. The summed E-state index contributed by atoms with van der Waals surface area (Å²) in [6.07, 6.45) is 4.86. The number of rotatable bonds is 3. The molecule has 7 heteroatoms. The first-order chi connectivity index (χ1) is 12.5. The summed E-state index contributed by atoms with van der Waals surface area (Å²) < 4.78 is 23.0. The van der Waals surface area contributed by atoms with Gasteiger partial charge in [0.25, 0.3) is 0 Å². The first-order valence-corrected chi connectivity index (χ1v) is 9.89. The molecule has 132 valence electrons. The van der Waals surface area contributed by atoms with Crippen LogP contribution in [0.3, 0.4) is 0 Å². The number of nitrogens with one attached hydrogen (secondary N) is 1. The maximum absolute atomic E-state index is 11.5. The lowest BCUT2D eigenvalue weighted by Gasteiger charge is -2.11. The van der Waals surface area contributed by atoms with Crippen molar-refractivity contribution in [2.24, 2.45) is 5.14 Å². The summed E-state index contributed by atoms with van der Waals surface area (Å²) in [5.41, 5.74) is 5.03. The minimum absolute atomic E-state index is 0.0441. The van der Waals surface area contributed by atoms with Crippen LogP contribution in [0.5, 0.6) is 0 Å². The van der Waals surface area contributed by atoms with Crippen LogP contribution in [0, 0.1) is 0 Å². The van der Waals surface area contributed by atoms with E-state index in [2.05, 4.69) is 22.4 Å². The van der Waals surface area contributed by atoms with Crippen LogP contribution in [-0.2, 0) is 22.9 Å². The number of sulfonamides is 1. The number of fused-ring (bicyclic) bond motifs is 3. The average Bonchev–Trinajstić information content (AvgIpc) is 2.80. The molecular weight excluding hydrogens is 348 g/mol. The molecule has 0 amide bonds. The molecule has 6 nitrogen and oxygen atoms in total. The van der Waals surface area contributed by atoms with Gasteiger partial charge in [-0.3, -0.25) is 0 Å². The van der Waals surface area contributed by atoms with Gasteiger partial charge in [-0.05, 0) is 48.6 Å².